The lowest BCUT2D eigenvalue weighted by Crippen LogP contribution is -2.45. The fraction of sp³-hybridized carbons (Fsp3) is 0.562. The Hall–Kier alpha value is -0.770. The van der Waals surface area contributed by atoms with Crippen molar-refractivity contribution < 1.29 is 4.79 Å². The lowest BCUT2D eigenvalue weighted by Gasteiger charge is -2.26. The van der Waals surface area contributed by atoms with Gasteiger partial charge in [0.05, 0.1) is 16.1 Å². The third kappa shape index (κ3) is 5.50. The molecule has 0 aliphatic heterocycles. The predicted molar refractivity (Wildman–Crippen MR) is 89.9 cm³/mol. The van der Waals surface area contributed by atoms with Gasteiger partial charge in [-0.3, -0.25) is 10.1 Å². The average Bonchev–Trinajstić information content (AvgIpc) is 2.45. The fourth-order valence-electron chi connectivity index (χ4n) is 2.32. The van der Waals surface area contributed by atoms with E-state index >= 15 is 0 Å². The van der Waals surface area contributed by atoms with Gasteiger partial charge >= 0.3 is 0 Å². The molecule has 0 bridgehead atoms. The molecule has 2 N–H and O–H groups in total. The number of rotatable bonds is 7. The maximum atomic E-state index is 12.0. The Kier molecular flexibility index (Phi) is 7.50. The zero-order chi connectivity index (χ0) is 16.0. The van der Waals surface area contributed by atoms with Gasteiger partial charge in [0.25, 0.3) is 0 Å². The highest BCUT2D eigenvalue weighted by atomic mass is 35.5. The zero-order valence-electron chi connectivity index (χ0n) is 13.0. The van der Waals surface area contributed by atoms with Crippen LogP contribution >= 0.6 is 23.2 Å². The van der Waals surface area contributed by atoms with E-state index in [0.717, 1.165) is 18.4 Å². The Bertz CT molecular complexity index is 477. The van der Waals surface area contributed by atoms with Crippen molar-refractivity contribution in [3.63, 3.8) is 0 Å². The highest BCUT2D eigenvalue weighted by molar-refractivity contribution is 6.42. The number of amides is 1. The summed E-state index contributed by atoms with van der Waals surface area (Å²) in [6, 6.07) is 5.46. The normalized spacial score (nSPS) is 14.0. The first-order valence-corrected chi connectivity index (χ1v) is 8.07. The quantitative estimate of drug-likeness (QED) is 0.786. The second kappa shape index (κ2) is 8.62. The van der Waals surface area contributed by atoms with Crippen LogP contribution in [0.1, 0.15) is 45.2 Å². The second-order valence-electron chi connectivity index (χ2n) is 5.60. The molecule has 5 heteroatoms. The minimum Gasteiger partial charge on any atom is -0.358 e. The van der Waals surface area contributed by atoms with Gasteiger partial charge in [-0.15, -0.1) is 0 Å². The van der Waals surface area contributed by atoms with Crippen LogP contribution in [0.4, 0.5) is 0 Å². The third-order valence-electron chi connectivity index (χ3n) is 3.43. The van der Waals surface area contributed by atoms with Crippen molar-refractivity contribution in [3.8, 4) is 0 Å². The molecule has 1 aromatic rings. The molecule has 0 radical (unpaired) electrons. The van der Waals surface area contributed by atoms with E-state index in [1.165, 1.54) is 0 Å². The monoisotopic (exact) mass is 330 g/mol. The number of hydrogen-bond acceptors (Lipinski definition) is 2. The highest BCUT2D eigenvalue weighted by Crippen LogP contribution is 2.27. The summed E-state index contributed by atoms with van der Waals surface area (Å²) in [5.74, 6) is 0.452. The van der Waals surface area contributed by atoms with Crippen LogP contribution in [0.2, 0.25) is 10.0 Å². The maximum Gasteiger partial charge on any atom is 0.236 e. The van der Waals surface area contributed by atoms with Gasteiger partial charge in [-0.25, -0.2) is 0 Å². The van der Waals surface area contributed by atoms with E-state index in [-0.39, 0.29) is 18.0 Å². The number of nitrogens with one attached hydrogen (secondary N) is 2. The van der Waals surface area contributed by atoms with Crippen LogP contribution in [-0.2, 0) is 4.79 Å². The van der Waals surface area contributed by atoms with Crippen molar-refractivity contribution in [1.82, 2.24) is 10.6 Å². The first kappa shape index (κ1) is 18.3. The van der Waals surface area contributed by atoms with Crippen LogP contribution in [0.25, 0.3) is 0 Å². The van der Waals surface area contributed by atoms with Gasteiger partial charge in [0.2, 0.25) is 5.91 Å². The van der Waals surface area contributed by atoms with Crippen LogP contribution in [-0.4, -0.2) is 19.0 Å². The minimum atomic E-state index is -0.214. The number of likely N-dealkylation sites (N-methyl/N-ethyl adjacent to an activating group) is 1. The fourth-order valence-corrected chi connectivity index (χ4v) is 2.62. The number of halogens is 2. The average molecular weight is 331 g/mol. The molecule has 0 aliphatic carbocycles. The molecule has 0 aromatic heterocycles. The van der Waals surface area contributed by atoms with Gasteiger partial charge in [0, 0.05) is 13.1 Å². The van der Waals surface area contributed by atoms with E-state index in [2.05, 4.69) is 31.4 Å². The van der Waals surface area contributed by atoms with Crippen LogP contribution in [0.15, 0.2) is 18.2 Å². The largest absolute Gasteiger partial charge is 0.358 e. The number of carbonyl (C=O) groups excluding carboxylic acids is 1. The number of carbonyl (C=O) groups is 1. The van der Waals surface area contributed by atoms with Crippen molar-refractivity contribution in [3.05, 3.63) is 33.8 Å². The summed E-state index contributed by atoms with van der Waals surface area (Å²) < 4.78 is 0. The molecule has 1 rings (SSSR count). The van der Waals surface area contributed by atoms with Crippen molar-refractivity contribution in [1.29, 1.82) is 0 Å². The summed E-state index contributed by atoms with van der Waals surface area (Å²) >= 11 is 12.0. The SMILES string of the molecule is CCC(NC(CC(C)C)C(=O)NC)c1ccc(Cl)c(Cl)c1. The van der Waals surface area contributed by atoms with E-state index in [1.54, 1.807) is 13.1 Å². The highest BCUT2D eigenvalue weighted by Gasteiger charge is 2.22. The molecule has 0 heterocycles. The van der Waals surface area contributed by atoms with Crippen LogP contribution in [0, 0.1) is 5.92 Å². The number of hydrogen-bond donors (Lipinski definition) is 2. The summed E-state index contributed by atoms with van der Waals surface area (Å²) in [6.45, 7) is 6.30. The van der Waals surface area contributed by atoms with Gasteiger partial charge in [-0.05, 0) is 36.5 Å². The molecule has 0 aliphatic rings. The topological polar surface area (TPSA) is 41.1 Å². The lowest BCUT2D eigenvalue weighted by molar-refractivity contribution is -0.123. The van der Waals surface area contributed by atoms with Crippen LogP contribution < -0.4 is 10.6 Å². The smallest absolute Gasteiger partial charge is 0.236 e. The lowest BCUT2D eigenvalue weighted by atomic mass is 9.99. The minimum absolute atomic E-state index is 0.0159. The Morgan fingerprint density at radius 3 is 2.38 bits per heavy atom. The standard InChI is InChI=1S/C16H24Cl2N2O/c1-5-14(11-6-7-12(17)13(18)9-11)20-15(8-10(2)3)16(21)19-4/h6-7,9-10,14-15,20H,5,8H2,1-4H3,(H,19,21). The van der Waals surface area contributed by atoms with Gasteiger partial charge in [0.15, 0.2) is 0 Å². The number of benzene rings is 1. The molecule has 3 nitrogen and oxygen atoms in total. The zero-order valence-corrected chi connectivity index (χ0v) is 14.6. The first-order chi connectivity index (χ1) is 9.88. The van der Waals surface area contributed by atoms with Gasteiger partial charge in [-0.2, -0.15) is 0 Å². The van der Waals surface area contributed by atoms with Crippen LogP contribution in [0.3, 0.4) is 0 Å². The van der Waals surface area contributed by atoms with Crippen molar-refractivity contribution in [2.75, 3.05) is 7.05 Å². The molecule has 1 aromatic carbocycles. The Morgan fingerprint density at radius 2 is 1.90 bits per heavy atom. The summed E-state index contributed by atoms with van der Waals surface area (Å²) in [6.07, 6.45) is 1.65. The Labute approximate surface area is 137 Å². The van der Waals surface area contributed by atoms with Gasteiger partial charge < -0.3 is 5.32 Å². The molecular weight excluding hydrogens is 307 g/mol. The third-order valence-corrected chi connectivity index (χ3v) is 4.17. The molecule has 0 fully saturated rings. The molecule has 21 heavy (non-hydrogen) atoms. The van der Waals surface area contributed by atoms with E-state index in [1.807, 2.05) is 12.1 Å². The summed E-state index contributed by atoms with van der Waals surface area (Å²) in [5.41, 5.74) is 1.05. The van der Waals surface area contributed by atoms with Gasteiger partial charge in [0.1, 0.15) is 0 Å². The summed E-state index contributed by atoms with van der Waals surface area (Å²) in [4.78, 5) is 12.0. The summed E-state index contributed by atoms with van der Waals surface area (Å²) in [5, 5.41) is 7.24. The first-order valence-electron chi connectivity index (χ1n) is 7.31. The molecule has 2 atom stereocenters. The molecule has 0 saturated carbocycles. The Morgan fingerprint density at radius 1 is 1.24 bits per heavy atom. The van der Waals surface area contributed by atoms with Crippen molar-refractivity contribution in [2.45, 2.75) is 45.7 Å². The Balaban J connectivity index is 2.91. The predicted octanol–water partition coefficient (Wildman–Crippen LogP) is 4.19. The van der Waals surface area contributed by atoms with Crippen molar-refractivity contribution >= 4 is 29.1 Å². The second-order valence-corrected chi connectivity index (χ2v) is 6.41. The molecule has 118 valence electrons. The molecule has 0 saturated heterocycles. The van der Waals surface area contributed by atoms with Crippen LogP contribution in [0.5, 0.6) is 0 Å². The maximum absolute atomic E-state index is 12.0. The van der Waals surface area contributed by atoms with E-state index in [9.17, 15) is 4.79 Å². The molecule has 2 unspecified atom stereocenters. The van der Waals surface area contributed by atoms with Gasteiger partial charge in [-0.1, -0.05) is 50.0 Å². The van der Waals surface area contributed by atoms with E-state index in [4.69, 9.17) is 23.2 Å². The van der Waals surface area contributed by atoms with E-state index in [0.29, 0.717) is 16.0 Å². The van der Waals surface area contributed by atoms with E-state index < -0.39 is 0 Å². The molecule has 1 amide bonds. The van der Waals surface area contributed by atoms with Crippen molar-refractivity contribution in [2.24, 2.45) is 5.92 Å². The molecule has 0 spiro atoms. The molecular formula is C16H24Cl2N2O. The summed E-state index contributed by atoms with van der Waals surface area (Å²) in [7, 11) is 1.66.